The van der Waals surface area contributed by atoms with Crippen LogP contribution in [0, 0.1) is 24.7 Å². The summed E-state index contributed by atoms with van der Waals surface area (Å²) in [6.45, 7) is 2.77. The molecule has 0 spiro atoms. The van der Waals surface area contributed by atoms with E-state index in [-0.39, 0.29) is 25.1 Å². The van der Waals surface area contributed by atoms with E-state index < -0.39 is 5.92 Å². The molecule has 2 heterocycles. The Balaban J connectivity index is 0.000000305. The zero-order valence-electron chi connectivity index (χ0n) is 18.4. The monoisotopic (exact) mass is 442 g/mol. The van der Waals surface area contributed by atoms with E-state index in [0.717, 1.165) is 16.8 Å². The molecule has 0 N–H and O–H groups in total. The molecule has 1 saturated carbocycles. The minimum atomic E-state index is -2.41. The molecule has 7 heteroatoms. The molecule has 0 radical (unpaired) electrons. The molecule has 2 aromatic rings. The number of halogens is 2. The second kappa shape index (κ2) is 10.6. The Morgan fingerprint density at radius 1 is 1.22 bits per heavy atom. The van der Waals surface area contributed by atoms with Crippen LogP contribution in [0.25, 0.3) is 0 Å². The van der Waals surface area contributed by atoms with Gasteiger partial charge in [0.05, 0.1) is 13.1 Å². The molecular formula is C25H28F2N2O3. The van der Waals surface area contributed by atoms with Crippen LogP contribution in [0.3, 0.4) is 0 Å². The highest BCUT2D eigenvalue weighted by atomic mass is 19.3. The van der Waals surface area contributed by atoms with Crippen LogP contribution in [-0.4, -0.2) is 48.4 Å². The number of aryl methyl sites for hydroxylation is 1. The van der Waals surface area contributed by atoms with Crippen LogP contribution in [0.5, 0.6) is 5.75 Å². The van der Waals surface area contributed by atoms with Gasteiger partial charge in [-0.1, -0.05) is 24.0 Å². The van der Waals surface area contributed by atoms with Gasteiger partial charge in [-0.2, -0.15) is 0 Å². The molecule has 0 unspecified atom stereocenters. The molecule has 5 nitrogen and oxygen atoms in total. The first-order chi connectivity index (χ1) is 15.3. The number of carbonyl (C=O) groups is 1. The van der Waals surface area contributed by atoms with Crippen molar-refractivity contribution in [3.05, 3.63) is 63.6 Å². The smallest absolute Gasteiger partial charge is 0.261 e. The Morgan fingerprint density at radius 3 is 2.44 bits per heavy atom. The SMILES string of the molecule is CN1CCC(F)(F)C1.Cc1cc(OCC=O)cc(=O)n1Cc1ccc(C#CC2CC2)cc1. The summed E-state index contributed by atoms with van der Waals surface area (Å²) < 4.78 is 31.2. The number of nitrogens with zero attached hydrogens (tertiary/aromatic N) is 2. The highest BCUT2D eigenvalue weighted by Crippen LogP contribution is 2.27. The topological polar surface area (TPSA) is 51.5 Å². The number of carbonyl (C=O) groups excluding carboxylic acids is 1. The highest BCUT2D eigenvalue weighted by Gasteiger charge is 2.36. The number of rotatable bonds is 5. The van der Waals surface area contributed by atoms with Crippen LogP contribution >= 0.6 is 0 Å². The number of hydrogen-bond donors (Lipinski definition) is 0. The Bertz CT molecular complexity index is 1050. The zero-order valence-corrected chi connectivity index (χ0v) is 18.4. The molecule has 4 rings (SSSR count). The van der Waals surface area contributed by atoms with Crippen LogP contribution < -0.4 is 10.3 Å². The normalized spacial score (nSPS) is 17.0. The van der Waals surface area contributed by atoms with Crippen molar-refractivity contribution in [1.82, 2.24) is 9.47 Å². The largest absolute Gasteiger partial charge is 0.486 e. The van der Waals surface area contributed by atoms with Gasteiger partial charge in [0, 0.05) is 36.2 Å². The third-order valence-corrected chi connectivity index (χ3v) is 5.28. The molecule has 1 aliphatic heterocycles. The van der Waals surface area contributed by atoms with Gasteiger partial charge in [0.15, 0.2) is 6.29 Å². The number of pyridine rings is 1. The van der Waals surface area contributed by atoms with Crippen molar-refractivity contribution in [3.63, 3.8) is 0 Å². The first kappa shape index (κ1) is 23.7. The van der Waals surface area contributed by atoms with E-state index in [1.807, 2.05) is 31.2 Å². The lowest BCUT2D eigenvalue weighted by molar-refractivity contribution is -0.109. The van der Waals surface area contributed by atoms with Gasteiger partial charge in [-0.05, 0) is 50.6 Å². The number of aldehydes is 1. The van der Waals surface area contributed by atoms with Gasteiger partial charge < -0.3 is 14.2 Å². The summed E-state index contributed by atoms with van der Waals surface area (Å²) in [5.41, 5.74) is 2.69. The van der Waals surface area contributed by atoms with Gasteiger partial charge in [-0.3, -0.25) is 9.59 Å². The average molecular weight is 443 g/mol. The maximum Gasteiger partial charge on any atom is 0.261 e. The molecule has 0 amide bonds. The van der Waals surface area contributed by atoms with Crippen molar-refractivity contribution in [2.75, 3.05) is 26.7 Å². The van der Waals surface area contributed by atoms with Crippen molar-refractivity contribution in [2.24, 2.45) is 5.92 Å². The lowest BCUT2D eigenvalue weighted by atomic mass is 10.1. The van der Waals surface area contributed by atoms with Crippen molar-refractivity contribution < 1.29 is 18.3 Å². The van der Waals surface area contributed by atoms with Gasteiger partial charge >= 0.3 is 0 Å². The molecule has 170 valence electrons. The average Bonchev–Trinajstić information content (AvgIpc) is 3.52. The number of aromatic nitrogens is 1. The van der Waals surface area contributed by atoms with Gasteiger partial charge in [-0.25, -0.2) is 8.78 Å². The Morgan fingerprint density at radius 2 is 1.94 bits per heavy atom. The quantitative estimate of drug-likeness (QED) is 0.525. The third kappa shape index (κ3) is 7.31. The van der Waals surface area contributed by atoms with Crippen LogP contribution in [0.15, 0.2) is 41.2 Å². The number of hydrogen-bond acceptors (Lipinski definition) is 4. The zero-order chi connectivity index (χ0) is 23.1. The maximum absolute atomic E-state index is 12.3. The standard InChI is InChI=1S/C20H19NO3.C5H9F2N/c1-15-12-19(24-11-10-22)13-20(23)21(15)14-18-8-6-17(7-9-18)5-4-16-2-3-16;1-8-3-2-5(6,7)4-8/h6-10,12-13,16H,2-3,11,14H2,1H3;2-4H2,1H3. The molecule has 1 aromatic heterocycles. The van der Waals surface area contributed by atoms with Gasteiger partial charge in [0.1, 0.15) is 12.4 Å². The maximum atomic E-state index is 12.3. The summed E-state index contributed by atoms with van der Waals surface area (Å²) in [4.78, 5) is 24.2. The molecule has 2 fully saturated rings. The fraction of sp³-hybridized carbons (Fsp3) is 0.440. The summed E-state index contributed by atoms with van der Waals surface area (Å²) in [5, 5.41) is 0. The number of alkyl halides is 2. The van der Waals surface area contributed by atoms with E-state index in [1.54, 1.807) is 22.6 Å². The molecular weight excluding hydrogens is 414 g/mol. The molecule has 2 aliphatic rings. The summed E-state index contributed by atoms with van der Waals surface area (Å²) in [5.74, 6) is 5.03. The van der Waals surface area contributed by atoms with E-state index in [9.17, 15) is 18.4 Å². The highest BCUT2D eigenvalue weighted by molar-refractivity contribution is 5.51. The molecule has 32 heavy (non-hydrogen) atoms. The summed E-state index contributed by atoms with van der Waals surface area (Å²) in [6.07, 6.45) is 3.14. The number of ether oxygens (including phenoxy) is 1. The molecule has 1 aliphatic carbocycles. The minimum Gasteiger partial charge on any atom is -0.486 e. The number of benzene rings is 1. The third-order valence-electron chi connectivity index (χ3n) is 5.28. The molecule has 1 aromatic carbocycles. The van der Waals surface area contributed by atoms with Gasteiger partial charge in [-0.15, -0.1) is 0 Å². The van der Waals surface area contributed by atoms with Crippen LogP contribution in [-0.2, 0) is 11.3 Å². The predicted molar refractivity (Wildman–Crippen MR) is 119 cm³/mol. The first-order valence-corrected chi connectivity index (χ1v) is 10.7. The number of likely N-dealkylation sites (tertiary alicyclic amines) is 1. The molecule has 1 saturated heterocycles. The Hall–Kier alpha value is -2.98. The lowest BCUT2D eigenvalue weighted by Crippen LogP contribution is -2.22. The van der Waals surface area contributed by atoms with Crippen LogP contribution in [0.2, 0.25) is 0 Å². The predicted octanol–water partition coefficient (Wildman–Crippen LogP) is 3.50. The van der Waals surface area contributed by atoms with Crippen molar-refractivity contribution in [3.8, 4) is 17.6 Å². The minimum absolute atomic E-state index is 0.0312. The van der Waals surface area contributed by atoms with Crippen LogP contribution in [0.4, 0.5) is 8.78 Å². The van der Waals surface area contributed by atoms with Crippen molar-refractivity contribution in [1.29, 1.82) is 0 Å². The van der Waals surface area contributed by atoms with E-state index in [1.165, 1.54) is 18.9 Å². The summed E-state index contributed by atoms with van der Waals surface area (Å²) in [6, 6.07) is 11.2. The second-order valence-corrected chi connectivity index (χ2v) is 8.32. The fourth-order valence-corrected chi connectivity index (χ4v) is 3.31. The Kier molecular flexibility index (Phi) is 7.81. The van der Waals surface area contributed by atoms with Gasteiger partial charge in [0.2, 0.25) is 0 Å². The summed E-state index contributed by atoms with van der Waals surface area (Å²) >= 11 is 0. The fourth-order valence-electron chi connectivity index (χ4n) is 3.31. The molecule has 0 atom stereocenters. The first-order valence-electron chi connectivity index (χ1n) is 10.7. The Labute approximate surface area is 187 Å². The van der Waals surface area contributed by atoms with Crippen molar-refractivity contribution in [2.45, 2.75) is 38.7 Å². The van der Waals surface area contributed by atoms with Crippen molar-refractivity contribution >= 4 is 6.29 Å². The van der Waals surface area contributed by atoms with Crippen LogP contribution in [0.1, 0.15) is 36.1 Å². The van der Waals surface area contributed by atoms with Gasteiger partial charge in [0.25, 0.3) is 11.5 Å². The van der Waals surface area contributed by atoms with E-state index >= 15 is 0 Å². The second-order valence-electron chi connectivity index (χ2n) is 8.32. The van der Waals surface area contributed by atoms with E-state index in [0.29, 0.717) is 31.0 Å². The summed E-state index contributed by atoms with van der Waals surface area (Å²) in [7, 11) is 1.71. The lowest BCUT2D eigenvalue weighted by Gasteiger charge is -2.12. The van der Waals surface area contributed by atoms with E-state index in [2.05, 4.69) is 11.8 Å². The van der Waals surface area contributed by atoms with E-state index in [4.69, 9.17) is 4.74 Å². The molecule has 0 bridgehead atoms.